The number of aryl methyl sites for hydroxylation is 1. The van der Waals surface area contributed by atoms with Crippen LogP contribution in [0.1, 0.15) is 66.4 Å². The Bertz CT molecular complexity index is 1770. The molecule has 10 heteroatoms. The van der Waals surface area contributed by atoms with Crippen molar-refractivity contribution < 1.29 is 23.9 Å². The van der Waals surface area contributed by atoms with Crippen molar-refractivity contribution in [3.8, 4) is 0 Å². The van der Waals surface area contributed by atoms with Crippen molar-refractivity contribution in [3.63, 3.8) is 0 Å². The van der Waals surface area contributed by atoms with Crippen molar-refractivity contribution in [1.29, 1.82) is 0 Å². The van der Waals surface area contributed by atoms with Gasteiger partial charge in [0.2, 0.25) is 0 Å². The molecule has 1 fully saturated rings. The number of esters is 1. The molecule has 10 nitrogen and oxygen atoms in total. The predicted molar refractivity (Wildman–Crippen MR) is 167 cm³/mol. The van der Waals surface area contributed by atoms with Gasteiger partial charge in [0, 0.05) is 30.3 Å². The van der Waals surface area contributed by atoms with Gasteiger partial charge in [0.25, 0.3) is 11.5 Å². The first-order valence-electron chi connectivity index (χ1n) is 14.7. The lowest BCUT2D eigenvalue weighted by atomic mass is 10.0. The molecule has 3 aromatic carbocycles. The quantitative estimate of drug-likeness (QED) is 0.286. The molecule has 0 N–H and O–H groups in total. The first-order chi connectivity index (χ1) is 21.4. The number of hydrogen-bond acceptors (Lipinski definition) is 7. The monoisotopic (exact) mass is 609 g/mol. The van der Waals surface area contributed by atoms with E-state index in [0.717, 1.165) is 11.1 Å². The first kappa shape index (κ1) is 31.2. The zero-order chi connectivity index (χ0) is 32.3. The number of likely N-dealkylation sites (tertiary alicyclic amines) is 1. The number of aromatic nitrogens is 2. The van der Waals surface area contributed by atoms with Crippen molar-refractivity contribution in [1.82, 2.24) is 14.0 Å². The molecule has 0 radical (unpaired) electrons. The van der Waals surface area contributed by atoms with Crippen molar-refractivity contribution in [2.45, 2.75) is 57.9 Å². The van der Waals surface area contributed by atoms with Gasteiger partial charge in [0.05, 0.1) is 6.04 Å². The maximum atomic E-state index is 14.0. The minimum absolute atomic E-state index is 0.00848. The van der Waals surface area contributed by atoms with Crippen LogP contribution >= 0.6 is 0 Å². The fourth-order valence-electron chi connectivity index (χ4n) is 5.39. The van der Waals surface area contributed by atoms with Gasteiger partial charge >= 0.3 is 17.8 Å². The van der Waals surface area contributed by atoms with E-state index in [1.807, 2.05) is 60.7 Å². The minimum atomic E-state index is -1.11. The Balaban J connectivity index is 1.52. The summed E-state index contributed by atoms with van der Waals surface area (Å²) >= 11 is 0. The van der Waals surface area contributed by atoms with Crippen LogP contribution in [-0.2, 0) is 14.3 Å². The van der Waals surface area contributed by atoms with Gasteiger partial charge in [-0.3, -0.25) is 19.1 Å². The summed E-state index contributed by atoms with van der Waals surface area (Å²) in [5.74, 6) is -1.45. The van der Waals surface area contributed by atoms with Gasteiger partial charge in [-0.2, -0.15) is 4.57 Å². The molecule has 1 aliphatic rings. The van der Waals surface area contributed by atoms with Crippen molar-refractivity contribution in [3.05, 3.63) is 140 Å². The normalized spacial score (nSPS) is 16.4. The summed E-state index contributed by atoms with van der Waals surface area (Å²) in [5.41, 5.74) is -0.650. The Hall–Kier alpha value is -5.25. The van der Waals surface area contributed by atoms with Crippen LogP contribution in [0, 0.1) is 6.92 Å². The van der Waals surface area contributed by atoms with E-state index in [2.05, 4.69) is 0 Å². The Labute approximate surface area is 260 Å². The third-order valence-corrected chi connectivity index (χ3v) is 7.52. The number of hydrogen-bond donors (Lipinski definition) is 0. The molecule has 232 valence electrons. The maximum absolute atomic E-state index is 14.0. The SMILES string of the molecule is Cc1cn([C@@H]2C[C@H](C(=O)OC(c3ccccc3)c3ccccc3)N(C(=O)OC(C)(C)C)C2)c(=O)n(C(=O)c2ccccc2)c1=O. The number of amides is 1. The van der Waals surface area contributed by atoms with Crippen LogP contribution in [-0.4, -0.2) is 50.2 Å². The molecule has 0 saturated carbocycles. The molecule has 0 unspecified atom stereocenters. The lowest BCUT2D eigenvalue weighted by Gasteiger charge is -2.28. The van der Waals surface area contributed by atoms with E-state index >= 15 is 0 Å². The van der Waals surface area contributed by atoms with E-state index in [1.165, 1.54) is 34.7 Å². The molecule has 1 saturated heterocycles. The standard InChI is InChI=1S/C35H35N3O7/c1-23-21-36(33(42)38(30(23)39)31(40)26-18-12-7-13-19-26)27-20-28(37(22-27)34(43)45-35(2,3)4)32(41)44-29(24-14-8-5-9-15-24)25-16-10-6-11-17-25/h5-19,21,27-29H,20,22H2,1-4H3/t27-,28-/m1/s1. The zero-order valence-electron chi connectivity index (χ0n) is 25.6. The highest BCUT2D eigenvalue weighted by Crippen LogP contribution is 2.32. The Kier molecular flexibility index (Phi) is 8.85. The van der Waals surface area contributed by atoms with E-state index in [0.29, 0.717) is 4.57 Å². The third kappa shape index (κ3) is 6.80. The Morgan fingerprint density at radius 1 is 0.822 bits per heavy atom. The molecule has 2 atom stereocenters. The Morgan fingerprint density at radius 2 is 1.36 bits per heavy atom. The van der Waals surface area contributed by atoms with Gasteiger partial charge in [0.15, 0.2) is 6.10 Å². The lowest BCUT2D eigenvalue weighted by Crippen LogP contribution is -2.46. The average Bonchev–Trinajstić information content (AvgIpc) is 3.48. The molecule has 5 rings (SSSR count). The molecular weight excluding hydrogens is 574 g/mol. The molecule has 4 aromatic rings. The number of nitrogens with zero attached hydrogens (tertiary/aromatic N) is 3. The second-order valence-electron chi connectivity index (χ2n) is 12.0. The van der Waals surface area contributed by atoms with Gasteiger partial charge in [-0.1, -0.05) is 78.9 Å². The summed E-state index contributed by atoms with van der Waals surface area (Å²) < 4.78 is 13.6. The predicted octanol–water partition coefficient (Wildman–Crippen LogP) is 4.89. The molecule has 0 bridgehead atoms. The van der Waals surface area contributed by atoms with E-state index in [-0.39, 0.29) is 24.1 Å². The number of carbonyl (C=O) groups is 3. The van der Waals surface area contributed by atoms with Crippen LogP contribution < -0.4 is 11.2 Å². The van der Waals surface area contributed by atoms with Gasteiger partial charge in [-0.05, 0) is 51.0 Å². The van der Waals surface area contributed by atoms with Gasteiger partial charge in [-0.25, -0.2) is 14.4 Å². The summed E-state index contributed by atoms with van der Waals surface area (Å²) in [6.07, 6.45) is -0.149. The zero-order valence-corrected chi connectivity index (χ0v) is 25.6. The van der Waals surface area contributed by atoms with Crippen LogP contribution in [0.4, 0.5) is 4.79 Å². The minimum Gasteiger partial charge on any atom is -0.451 e. The van der Waals surface area contributed by atoms with Crippen LogP contribution in [0.25, 0.3) is 0 Å². The highest BCUT2D eigenvalue weighted by atomic mass is 16.6. The molecule has 0 aliphatic carbocycles. The van der Waals surface area contributed by atoms with Crippen molar-refractivity contribution in [2.24, 2.45) is 0 Å². The first-order valence-corrected chi connectivity index (χ1v) is 14.7. The summed E-state index contributed by atoms with van der Waals surface area (Å²) in [7, 11) is 0. The fourth-order valence-corrected chi connectivity index (χ4v) is 5.39. The maximum Gasteiger partial charge on any atom is 0.411 e. The summed E-state index contributed by atoms with van der Waals surface area (Å²) in [5, 5.41) is 0. The van der Waals surface area contributed by atoms with E-state index < -0.39 is 53.0 Å². The van der Waals surface area contributed by atoms with Gasteiger partial charge < -0.3 is 9.47 Å². The molecule has 2 heterocycles. The van der Waals surface area contributed by atoms with Crippen LogP contribution in [0.3, 0.4) is 0 Å². The number of benzene rings is 3. The number of ether oxygens (including phenoxy) is 2. The van der Waals surface area contributed by atoms with Crippen LogP contribution in [0.2, 0.25) is 0 Å². The molecule has 45 heavy (non-hydrogen) atoms. The fraction of sp³-hybridized carbons (Fsp3) is 0.286. The molecular formula is C35H35N3O7. The third-order valence-electron chi connectivity index (χ3n) is 7.52. The summed E-state index contributed by atoms with van der Waals surface area (Å²) in [4.78, 5) is 68.7. The highest BCUT2D eigenvalue weighted by molar-refractivity contribution is 5.95. The van der Waals surface area contributed by atoms with Crippen molar-refractivity contribution >= 4 is 18.0 Å². The lowest BCUT2D eigenvalue weighted by molar-refractivity contribution is -0.152. The second-order valence-corrected chi connectivity index (χ2v) is 12.0. The molecule has 1 amide bonds. The van der Waals surface area contributed by atoms with Crippen LogP contribution in [0.15, 0.2) is 107 Å². The van der Waals surface area contributed by atoms with Crippen molar-refractivity contribution in [2.75, 3.05) is 6.54 Å². The molecule has 1 aromatic heterocycles. The summed E-state index contributed by atoms with van der Waals surface area (Å²) in [6.45, 7) is 6.56. The topological polar surface area (TPSA) is 117 Å². The highest BCUT2D eigenvalue weighted by Gasteiger charge is 2.44. The number of rotatable bonds is 6. The van der Waals surface area contributed by atoms with E-state index in [9.17, 15) is 24.0 Å². The average molecular weight is 610 g/mol. The van der Waals surface area contributed by atoms with Gasteiger partial charge in [-0.15, -0.1) is 0 Å². The largest absolute Gasteiger partial charge is 0.451 e. The Morgan fingerprint density at radius 3 is 1.89 bits per heavy atom. The second kappa shape index (κ2) is 12.8. The molecule has 0 spiro atoms. The summed E-state index contributed by atoms with van der Waals surface area (Å²) in [6, 6.07) is 24.7. The van der Waals surface area contributed by atoms with E-state index in [1.54, 1.807) is 39.0 Å². The van der Waals surface area contributed by atoms with Crippen LogP contribution in [0.5, 0.6) is 0 Å². The van der Waals surface area contributed by atoms with E-state index in [4.69, 9.17) is 9.47 Å². The smallest absolute Gasteiger partial charge is 0.411 e. The van der Waals surface area contributed by atoms with Gasteiger partial charge in [0.1, 0.15) is 11.6 Å². The number of carbonyl (C=O) groups excluding carboxylic acids is 3. The molecule has 1 aliphatic heterocycles.